The van der Waals surface area contributed by atoms with E-state index in [0.717, 1.165) is 17.4 Å². The number of carbonyl (C=O) groups excluding carboxylic acids is 1. The van der Waals surface area contributed by atoms with Crippen LogP contribution in [0.4, 0.5) is 18.3 Å². The maximum absolute atomic E-state index is 13.6. The first kappa shape index (κ1) is 22.7. The number of alkyl halides is 3. The lowest BCUT2D eigenvalue weighted by atomic mass is 10.2. The van der Waals surface area contributed by atoms with Crippen LogP contribution in [0.15, 0.2) is 95.6 Å². The van der Waals surface area contributed by atoms with Gasteiger partial charge in [-0.1, -0.05) is 41.7 Å². The van der Waals surface area contributed by atoms with Crippen LogP contribution < -0.4 is 9.64 Å². The first-order valence-corrected chi connectivity index (χ1v) is 11.3. The van der Waals surface area contributed by atoms with E-state index in [1.165, 1.54) is 17.2 Å². The van der Waals surface area contributed by atoms with Gasteiger partial charge in [0.2, 0.25) is 0 Å². The molecule has 0 fully saturated rings. The van der Waals surface area contributed by atoms with Crippen molar-refractivity contribution in [1.82, 2.24) is 4.98 Å². The zero-order valence-corrected chi connectivity index (χ0v) is 18.8. The maximum atomic E-state index is 13.6. The number of hydrogen-bond acceptors (Lipinski definition) is 5. The fourth-order valence-corrected chi connectivity index (χ4v) is 4.53. The van der Waals surface area contributed by atoms with Crippen LogP contribution in [0, 0.1) is 0 Å². The highest BCUT2D eigenvalue weighted by molar-refractivity contribution is 7.22. The van der Waals surface area contributed by atoms with Gasteiger partial charge in [-0.2, -0.15) is 13.2 Å². The molecule has 3 aromatic carbocycles. The molecule has 0 bridgehead atoms. The van der Waals surface area contributed by atoms with Crippen molar-refractivity contribution < 1.29 is 27.1 Å². The molecule has 0 saturated carbocycles. The number of ether oxygens (including phenoxy) is 1. The second kappa shape index (κ2) is 9.27. The van der Waals surface area contributed by atoms with Crippen molar-refractivity contribution >= 4 is 32.6 Å². The van der Waals surface area contributed by atoms with Crippen LogP contribution in [0.3, 0.4) is 0 Å². The zero-order valence-electron chi connectivity index (χ0n) is 18.0. The Morgan fingerprint density at radius 1 is 0.943 bits per heavy atom. The van der Waals surface area contributed by atoms with E-state index in [9.17, 15) is 18.0 Å². The predicted octanol–water partition coefficient (Wildman–Crippen LogP) is 7.55. The van der Waals surface area contributed by atoms with Crippen LogP contribution in [0.2, 0.25) is 0 Å². The Kier molecular flexibility index (Phi) is 6.00. The molecule has 35 heavy (non-hydrogen) atoms. The third-order valence-electron chi connectivity index (χ3n) is 5.14. The third kappa shape index (κ3) is 4.90. The van der Waals surface area contributed by atoms with Crippen molar-refractivity contribution in [3.63, 3.8) is 0 Å². The number of furan rings is 1. The summed E-state index contributed by atoms with van der Waals surface area (Å²) in [6.07, 6.45) is -3.10. The van der Waals surface area contributed by atoms with Gasteiger partial charge in [0.1, 0.15) is 17.3 Å². The second-order valence-corrected chi connectivity index (χ2v) is 8.57. The fourth-order valence-electron chi connectivity index (χ4n) is 3.54. The van der Waals surface area contributed by atoms with Gasteiger partial charge >= 0.3 is 6.18 Å². The summed E-state index contributed by atoms with van der Waals surface area (Å²) in [4.78, 5) is 19.1. The first-order valence-electron chi connectivity index (χ1n) is 10.5. The Labute approximate surface area is 202 Å². The molecule has 5 rings (SSSR count). The van der Waals surface area contributed by atoms with Gasteiger partial charge in [-0.3, -0.25) is 9.69 Å². The van der Waals surface area contributed by atoms with E-state index in [1.54, 1.807) is 54.6 Å². The number of thiazole rings is 1. The predicted molar refractivity (Wildman–Crippen MR) is 127 cm³/mol. The average molecular weight is 494 g/mol. The summed E-state index contributed by atoms with van der Waals surface area (Å²) < 4.78 is 52.2. The standard InChI is InChI=1S/C26H17F3N2O3S/c27-26(28,29)21-12-5-13-22-23(21)30-25(35-22)31(16-20-11-6-14-33-20)24(32)17-7-4-10-19(15-17)34-18-8-2-1-3-9-18/h1-15H,16H2. The number of halogens is 3. The number of fused-ring (bicyclic) bond motifs is 1. The molecule has 0 spiro atoms. The molecule has 0 N–H and O–H groups in total. The van der Waals surface area contributed by atoms with Crippen LogP contribution in [0.1, 0.15) is 21.7 Å². The fraction of sp³-hybridized carbons (Fsp3) is 0.0769. The van der Waals surface area contributed by atoms with E-state index >= 15 is 0 Å². The van der Waals surface area contributed by atoms with E-state index in [-0.39, 0.29) is 17.2 Å². The SMILES string of the molecule is O=C(c1cccc(Oc2ccccc2)c1)N(Cc1ccco1)c1nc2c(C(F)(F)F)cccc2s1. The minimum Gasteiger partial charge on any atom is -0.467 e. The monoisotopic (exact) mass is 494 g/mol. The van der Waals surface area contributed by atoms with Gasteiger partial charge in [-0.25, -0.2) is 4.98 Å². The van der Waals surface area contributed by atoms with Crippen LogP contribution >= 0.6 is 11.3 Å². The Morgan fingerprint density at radius 2 is 1.71 bits per heavy atom. The number of aromatic nitrogens is 1. The Hall–Kier alpha value is -4.11. The Balaban J connectivity index is 1.53. The van der Waals surface area contributed by atoms with Crippen molar-refractivity contribution in [3.8, 4) is 11.5 Å². The molecule has 2 aromatic heterocycles. The van der Waals surface area contributed by atoms with E-state index in [0.29, 0.717) is 27.5 Å². The normalized spacial score (nSPS) is 11.5. The Morgan fingerprint density at radius 3 is 2.46 bits per heavy atom. The van der Waals surface area contributed by atoms with Crippen molar-refractivity contribution in [2.75, 3.05) is 4.90 Å². The molecule has 0 aliphatic heterocycles. The average Bonchev–Trinajstić information content (AvgIpc) is 3.52. The minimum atomic E-state index is -4.57. The van der Waals surface area contributed by atoms with Crippen LogP contribution in [-0.2, 0) is 12.7 Å². The first-order chi connectivity index (χ1) is 16.9. The molecular formula is C26H17F3N2O3S. The summed E-state index contributed by atoms with van der Waals surface area (Å²) in [5, 5.41) is 0.132. The third-order valence-corrected chi connectivity index (χ3v) is 6.19. The van der Waals surface area contributed by atoms with Gasteiger partial charge in [0.25, 0.3) is 5.91 Å². The number of rotatable bonds is 6. The molecule has 0 radical (unpaired) electrons. The van der Waals surface area contributed by atoms with Gasteiger partial charge in [-0.05, 0) is 54.6 Å². The summed E-state index contributed by atoms with van der Waals surface area (Å²) >= 11 is 1.01. The number of anilines is 1. The highest BCUT2D eigenvalue weighted by Crippen LogP contribution is 2.39. The van der Waals surface area contributed by atoms with Gasteiger partial charge < -0.3 is 9.15 Å². The quantitative estimate of drug-likeness (QED) is 0.245. The smallest absolute Gasteiger partial charge is 0.418 e. The summed E-state index contributed by atoms with van der Waals surface area (Å²) in [6, 6.07) is 22.9. The summed E-state index contributed by atoms with van der Waals surface area (Å²) in [6.45, 7) is -0.00320. The number of carbonyl (C=O) groups is 1. The molecule has 5 aromatic rings. The molecule has 0 aliphatic carbocycles. The molecule has 0 atom stereocenters. The van der Waals surface area contributed by atoms with E-state index in [4.69, 9.17) is 9.15 Å². The number of benzene rings is 3. The van der Waals surface area contributed by atoms with Gasteiger partial charge in [-0.15, -0.1) is 0 Å². The highest BCUT2D eigenvalue weighted by atomic mass is 32.1. The number of para-hydroxylation sites is 2. The molecular weight excluding hydrogens is 477 g/mol. The molecule has 0 saturated heterocycles. The minimum absolute atomic E-state index is 0.00320. The van der Waals surface area contributed by atoms with E-state index in [2.05, 4.69) is 4.98 Å². The van der Waals surface area contributed by atoms with Crippen molar-refractivity contribution in [2.45, 2.75) is 12.7 Å². The lowest BCUT2D eigenvalue weighted by Gasteiger charge is -2.19. The summed E-state index contributed by atoms with van der Waals surface area (Å²) in [5.41, 5.74) is -0.750. The Bertz CT molecular complexity index is 1460. The summed E-state index contributed by atoms with van der Waals surface area (Å²) in [7, 11) is 0. The molecule has 1 amide bonds. The van der Waals surface area contributed by atoms with Crippen LogP contribution in [0.5, 0.6) is 11.5 Å². The van der Waals surface area contributed by atoms with Gasteiger partial charge in [0.05, 0.1) is 28.6 Å². The van der Waals surface area contributed by atoms with Gasteiger partial charge in [0, 0.05) is 5.56 Å². The number of hydrogen-bond donors (Lipinski definition) is 0. The lowest BCUT2D eigenvalue weighted by Crippen LogP contribution is -2.30. The van der Waals surface area contributed by atoms with Crippen molar-refractivity contribution in [3.05, 3.63) is 108 Å². The summed E-state index contributed by atoms with van der Waals surface area (Å²) in [5.74, 6) is 1.07. The van der Waals surface area contributed by atoms with Crippen molar-refractivity contribution in [1.29, 1.82) is 0 Å². The topological polar surface area (TPSA) is 55.6 Å². The molecule has 176 valence electrons. The number of nitrogens with zero attached hydrogens (tertiary/aromatic N) is 2. The second-order valence-electron chi connectivity index (χ2n) is 7.56. The maximum Gasteiger partial charge on any atom is 0.418 e. The molecule has 5 nitrogen and oxygen atoms in total. The largest absolute Gasteiger partial charge is 0.467 e. The number of amides is 1. The van der Waals surface area contributed by atoms with Gasteiger partial charge in [0.15, 0.2) is 5.13 Å². The molecule has 9 heteroatoms. The van der Waals surface area contributed by atoms with E-state index < -0.39 is 17.6 Å². The zero-order chi connectivity index (χ0) is 24.4. The lowest BCUT2D eigenvalue weighted by molar-refractivity contribution is -0.136. The molecule has 0 unspecified atom stereocenters. The van der Waals surface area contributed by atoms with Crippen molar-refractivity contribution in [2.24, 2.45) is 0 Å². The van der Waals surface area contributed by atoms with Crippen LogP contribution in [0.25, 0.3) is 10.2 Å². The highest BCUT2D eigenvalue weighted by Gasteiger charge is 2.34. The molecule has 2 heterocycles. The molecule has 0 aliphatic rings. The van der Waals surface area contributed by atoms with E-state index in [1.807, 2.05) is 18.2 Å². The van der Waals surface area contributed by atoms with Crippen LogP contribution in [-0.4, -0.2) is 10.9 Å².